The van der Waals surface area contributed by atoms with E-state index in [2.05, 4.69) is 137 Å². The predicted molar refractivity (Wildman–Crippen MR) is 283 cm³/mol. The van der Waals surface area contributed by atoms with Gasteiger partial charge < -0.3 is 14.4 Å². The maximum Gasteiger partial charge on any atom is 0.120 e. The molecule has 4 saturated carbocycles. The number of benzene rings is 5. The van der Waals surface area contributed by atoms with Crippen LogP contribution < -0.4 is 5.19 Å². The second kappa shape index (κ2) is 19.4. The molecule has 0 N–H and O–H groups in total. The number of rotatable bonds is 8. The first kappa shape index (κ1) is 46.0. The first-order valence-electron chi connectivity index (χ1n) is 24.8. The molecule has 4 aliphatic carbocycles. The van der Waals surface area contributed by atoms with Crippen molar-refractivity contribution in [3.8, 4) is 33.6 Å². The van der Waals surface area contributed by atoms with Gasteiger partial charge >= 0.3 is 0 Å². The minimum Gasteiger partial charge on any atom is -0.501 e. The van der Waals surface area contributed by atoms with Crippen LogP contribution in [0.1, 0.15) is 86.5 Å². The third-order valence-electron chi connectivity index (χ3n) is 15.6. The van der Waals surface area contributed by atoms with Gasteiger partial charge in [-0.25, -0.2) is 0 Å². The fraction of sp³-hybridized carbons (Fsp3) is 0.344. The molecule has 4 heterocycles. The van der Waals surface area contributed by atoms with Gasteiger partial charge in [-0.15, -0.1) is 42.0 Å². The quantitative estimate of drug-likeness (QED) is 0.112. The average molecular weight is 1090 g/mol. The van der Waals surface area contributed by atoms with E-state index in [0.29, 0.717) is 0 Å². The van der Waals surface area contributed by atoms with Crippen molar-refractivity contribution in [2.75, 3.05) is 0 Å². The van der Waals surface area contributed by atoms with Gasteiger partial charge in [0.2, 0.25) is 0 Å². The summed E-state index contributed by atoms with van der Waals surface area (Å²) in [5.41, 5.74) is 14.3. The molecular formula is C61H62IrN2OSSi-2. The Balaban J connectivity index is 0.000000157. The van der Waals surface area contributed by atoms with Gasteiger partial charge in [0.15, 0.2) is 0 Å². The maximum atomic E-state index is 6.26. The standard InChI is InChI=1S/C34H32NS.C27H30NOSi.Ir/c1-21-16-30-29-20-27(12-13-32(29)36-34(30)22(2)33(21)26-6-4-3-5-7-26)31-19-24(14-15-35-31)18-28-17-23-8-10-25(28)11-9-23;1-30(2,3)26-18-28-24(17-20(26)16-19-10-5-4-6-11-19)23-14-9-13-22-21-12-7-8-15-25(21)29-27(22)23;/h3-7,13-16,19-20,23,25,28H,8-11,17-18H2,1-2H3;7-9,12-13,15,17-19H,4-6,10-11,16H2,1-3H3;/q2*-1;. The topological polar surface area (TPSA) is 38.9 Å². The number of fused-ring (bicyclic) bond motifs is 9. The normalized spacial score (nSPS) is 18.6. The molecule has 0 spiro atoms. The van der Waals surface area contributed by atoms with Crippen molar-refractivity contribution in [2.45, 2.75) is 111 Å². The van der Waals surface area contributed by atoms with E-state index < -0.39 is 8.07 Å². The molecule has 3 nitrogen and oxygen atoms in total. The molecule has 2 bridgehead atoms. The number of furan rings is 1. The average Bonchev–Trinajstić information content (AvgIpc) is 3.91. The zero-order valence-corrected chi connectivity index (χ0v) is 44.0. The Bertz CT molecular complexity index is 3200. The second-order valence-electron chi connectivity index (χ2n) is 21.1. The SMILES string of the molecule is C[Si](C)(C)c1cnc(-c2[c-]ccc3c2oc2ccccc23)cc1CC1CCCCC1.Cc1cc2c(sc3c[c-]c(-c4cc(CC5CC6CCC5CC6)ccn4)cc32)c(C)c1-c1ccccc1.[Ir]. The minimum atomic E-state index is -1.46. The summed E-state index contributed by atoms with van der Waals surface area (Å²) in [5, 5.41) is 6.49. The molecule has 13 rings (SSSR count). The molecule has 343 valence electrons. The molecule has 1 atom stereocenters. The Kier molecular flexibility index (Phi) is 13.3. The summed E-state index contributed by atoms with van der Waals surface area (Å²) in [6.45, 7) is 11.8. The second-order valence-corrected chi connectivity index (χ2v) is 27.2. The van der Waals surface area contributed by atoms with Crippen molar-refractivity contribution in [3.05, 3.63) is 150 Å². The van der Waals surface area contributed by atoms with Crippen LogP contribution in [0.15, 0.2) is 120 Å². The summed E-state index contributed by atoms with van der Waals surface area (Å²) in [6.07, 6.45) is 20.8. The van der Waals surface area contributed by atoms with E-state index in [4.69, 9.17) is 14.4 Å². The number of pyridine rings is 2. The largest absolute Gasteiger partial charge is 0.501 e. The summed E-state index contributed by atoms with van der Waals surface area (Å²) in [5.74, 6) is 3.61. The zero-order valence-electron chi connectivity index (χ0n) is 39.8. The third-order valence-corrected chi connectivity index (χ3v) is 19.0. The first-order chi connectivity index (χ1) is 32.1. The van der Waals surface area contributed by atoms with Gasteiger partial charge in [-0.05, 0) is 131 Å². The molecule has 4 aromatic heterocycles. The number of thiophene rings is 1. The molecule has 1 radical (unpaired) electrons. The molecule has 9 aromatic rings. The Morgan fingerprint density at radius 3 is 2.30 bits per heavy atom. The smallest absolute Gasteiger partial charge is 0.120 e. The molecular weight excluding hydrogens is 1030 g/mol. The molecule has 0 aliphatic heterocycles. The van der Waals surface area contributed by atoms with Crippen LogP contribution in [0.2, 0.25) is 19.6 Å². The Labute approximate surface area is 416 Å². The third kappa shape index (κ3) is 9.29. The van der Waals surface area contributed by atoms with Crippen molar-refractivity contribution in [1.82, 2.24) is 9.97 Å². The number of hydrogen-bond acceptors (Lipinski definition) is 4. The van der Waals surface area contributed by atoms with E-state index in [-0.39, 0.29) is 20.1 Å². The predicted octanol–water partition coefficient (Wildman–Crippen LogP) is 16.7. The van der Waals surface area contributed by atoms with E-state index in [1.165, 1.54) is 136 Å². The van der Waals surface area contributed by atoms with Crippen LogP contribution in [0.5, 0.6) is 0 Å². The van der Waals surface area contributed by atoms with Crippen molar-refractivity contribution in [2.24, 2.45) is 23.7 Å². The van der Waals surface area contributed by atoms with Crippen molar-refractivity contribution >= 4 is 66.7 Å². The summed E-state index contributed by atoms with van der Waals surface area (Å²) < 4.78 is 8.95. The van der Waals surface area contributed by atoms with Crippen molar-refractivity contribution < 1.29 is 24.5 Å². The van der Waals surface area contributed by atoms with Crippen LogP contribution in [0.4, 0.5) is 0 Å². The zero-order chi connectivity index (χ0) is 44.9. The summed E-state index contributed by atoms with van der Waals surface area (Å²) in [4.78, 5) is 9.72. The number of nitrogens with zero attached hydrogens (tertiary/aromatic N) is 2. The van der Waals surface area contributed by atoms with Crippen molar-refractivity contribution in [3.63, 3.8) is 0 Å². The summed E-state index contributed by atoms with van der Waals surface area (Å²) in [6, 6.07) is 44.0. The van der Waals surface area contributed by atoms with Gasteiger partial charge in [0.05, 0.1) is 13.7 Å². The van der Waals surface area contributed by atoms with Gasteiger partial charge in [-0.1, -0.05) is 159 Å². The molecule has 0 saturated heterocycles. The van der Waals surface area contributed by atoms with Crippen LogP contribution >= 0.6 is 11.3 Å². The molecule has 67 heavy (non-hydrogen) atoms. The molecule has 1 unspecified atom stereocenters. The fourth-order valence-electron chi connectivity index (χ4n) is 12.3. The van der Waals surface area contributed by atoms with Gasteiger partial charge in [0.1, 0.15) is 5.58 Å². The number of hydrogen-bond donors (Lipinski definition) is 0. The maximum absolute atomic E-state index is 6.26. The molecule has 4 aliphatic rings. The van der Waals surface area contributed by atoms with E-state index in [9.17, 15) is 0 Å². The minimum absolute atomic E-state index is 0. The number of aromatic nitrogens is 2. The summed E-state index contributed by atoms with van der Waals surface area (Å²) in [7, 11) is -1.46. The van der Waals surface area contributed by atoms with Gasteiger partial charge in [-0.2, -0.15) is 11.3 Å². The van der Waals surface area contributed by atoms with Gasteiger partial charge in [0, 0.05) is 42.6 Å². The van der Waals surface area contributed by atoms with E-state index in [0.717, 1.165) is 68.1 Å². The van der Waals surface area contributed by atoms with E-state index in [1.54, 1.807) is 0 Å². The van der Waals surface area contributed by atoms with Crippen LogP contribution in [-0.2, 0) is 32.9 Å². The molecule has 0 amide bonds. The van der Waals surface area contributed by atoms with E-state index >= 15 is 0 Å². The first-order valence-corrected chi connectivity index (χ1v) is 29.2. The fourth-order valence-corrected chi connectivity index (χ4v) is 15.0. The van der Waals surface area contributed by atoms with Gasteiger partial charge in [0.25, 0.3) is 0 Å². The molecule has 4 fully saturated rings. The van der Waals surface area contributed by atoms with Crippen molar-refractivity contribution in [1.29, 1.82) is 0 Å². The van der Waals surface area contributed by atoms with E-state index in [1.807, 2.05) is 35.7 Å². The van der Waals surface area contributed by atoms with Crippen LogP contribution in [0.25, 0.3) is 75.8 Å². The van der Waals surface area contributed by atoms with Gasteiger partial charge in [-0.3, -0.25) is 0 Å². The van der Waals surface area contributed by atoms with Crippen LogP contribution in [0, 0.1) is 49.7 Å². The Morgan fingerprint density at radius 1 is 0.731 bits per heavy atom. The monoisotopic (exact) mass is 1090 g/mol. The molecule has 5 aromatic carbocycles. The van der Waals surface area contributed by atoms with Crippen LogP contribution in [0.3, 0.4) is 0 Å². The number of aryl methyl sites for hydroxylation is 2. The Hall–Kier alpha value is -4.71. The Morgan fingerprint density at radius 2 is 1.52 bits per heavy atom. The number of para-hydroxylation sites is 1. The van der Waals surface area contributed by atoms with Crippen LogP contribution in [-0.4, -0.2) is 18.0 Å². The summed E-state index contributed by atoms with van der Waals surface area (Å²) >= 11 is 1.89. The molecule has 6 heteroatoms.